The second-order valence-electron chi connectivity index (χ2n) is 25.5. The lowest BCUT2D eigenvalue weighted by Crippen LogP contribution is -2.24. The standard InChI is InChI=1S/C22H16FNO5S.C21H18FNO2S.C20H16FNO2S.C14H12FNO2S.C7H4ClNO3/c1-29-22(26)21-18(23)17-11-10-15(14-4-2-3-5-16(14)20(17)30-21)19(25)12-6-8-13(9-7-12)24(27)28;1-25-21(24)20-18(22)16-11-12-23(13-14-7-3-2-4-8-14)17-10-6-5-9-15(17)19(16)26-20;21-17-15-10-11-22(12-13-6-2-1-3-7-13)16-9-5-4-8-14(16)18(15)25-19(17)20(23)24;1-18-14(17)13-11(15)9-6-7-16-10-5-3-2-4-8(10)12(9)19-13;8-7(10)5-1-3-6(4-2-5)9(11)12/h2-9,15H,10-11H2,1H3;2-10H,11-13H2,1H3;1-9H,10-12H2,(H,23,24);2-5,16H,6-7H2,1H3;1-4H. The summed E-state index contributed by atoms with van der Waals surface area (Å²) in [7, 11) is 3.75. The van der Waals surface area contributed by atoms with Crippen LogP contribution in [-0.4, -0.2) is 90.8 Å². The summed E-state index contributed by atoms with van der Waals surface area (Å²) >= 11 is 9.53. The number of nitrogens with zero attached hydrogens (tertiary/aromatic N) is 4. The van der Waals surface area contributed by atoms with Crippen molar-refractivity contribution in [3.05, 3.63) is 319 Å². The van der Waals surface area contributed by atoms with Gasteiger partial charge in [-0.3, -0.25) is 29.8 Å². The van der Waals surface area contributed by atoms with E-state index in [4.69, 9.17) is 16.3 Å². The molecule has 8 aromatic carbocycles. The first-order chi connectivity index (χ1) is 54.1. The molecule has 0 fully saturated rings. The highest BCUT2D eigenvalue weighted by Gasteiger charge is 2.36. The zero-order valence-electron chi connectivity index (χ0n) is 59.8. The second kappa shape index (κ2) is 35.8. The molecule has 0 spiro atoms. The molecule has 1 aliphatic carbocycles. The molecule has 19 nitrogen and oxygen atoms in total. The van der Waals surface area contributed by atoms with E-state index in [1.165, 1.54) is 92.3 Å². The van der Waals surface area contributed by atoms with Crippen LogP contribution in [0.25, 0.3) is 41.8 Å². The molecule has 2 N–H and O–H groups in total. The van der Waals surface area contributed by atoms with E-state index in [0.717, 1.165) is 101 Å². The lowest BCUT2D eigenvalue weighted by molar-refractivity contribution is -0.385. The molecule has 0 bridgehead atoms. The molecule has 3 aliphatic heterocycles. The summed E-state index contributed by atoms with van der Waals surface area (Å²) in [5.74, 6) is -5.90. The highest BCUT2D eigenvalue weighted by atomic mass is 35.5. The van der Waals surface area contributed by atoms with Crippen molar-refractivity contribution < 1.29 is 75.5 Å². The third-order valence-corrected chi connectivity index (χ3v) is 24.0. The molecular formula is C84H66ClF4N5O14S4. The summed E-state index contributed by atoms with van der Waals surface area (Å²) in [5, 5.41) is 32.9. The maximum Gasteiger partial charge on any atom is 0.351 e. The van der Waals surface area contributed by atoms with Gasteiger partial charge in [0.1, 0.15) is 19.5 Å². The Kier molecular flexibility index (Phi) is 25.4. The number of methoxy groups -OCH3 is 3. The van der Waals surface area contributed by atoms with Gasteiger partial charge in [-0.2, -0.15) is 0 Å². The zero-order chi connectivity index (χ0) is 79.4. The number of carbonyl (C=O) groups excluding carboxylic acids is 5. The fraction of sp³-hybridized carbons (Fsp3) is 0.167. The van der Waals surface area contributed by atoms with Crippen molar-refractivity contribution in [2.75, 3.05) is 56.1 Å². The number of aromatic carboxylic acids is 1. The van der Waals surface area contributed by atoms with Crippen LogP contribution in [0, 0.1) is 43.5 Å². The van der Waals surface area contributed by atoms with Crippen molar-refractivity contribution >= 4 is 120 Å². The Morgan fingerprint density at radius 1 is 0.464 bits per heavy atom. The van der Waals surface area contributed by atoms with E-state index in [2.05, 4.69) is 54.9 Å². The van der Waals surface area contributed by atoms with Crippen LogP contribution < -0.4 is 15.1 Å². The topological polar surface area (TPSA) is 255 Å². The Hall–Kier alpha value is -12.0. The summed E-state index contributed by atoms with van der Waals surface area (Å²) < 4.78 is 72.8. The number of ketones is 1. The third-order valence-electron chi connectivity index (χ3n) is 18.9. The van der Waals surface area contributed by atoms with E-state index in [0.29, 0.717) is 83.6 Å². The van der Waals surface area contributed by atoms with Gasteiger partial charge in [-0.05, 0) is 108 Å². The van der Waals surface area contributed by atoms with Crippen LogP contribution in [0.5, 0.6) is 0 Å². The molecule has 0 saturated carbocycles. The van der Waals surface area contributed by atoms with Crippen LogP contribution in [0.15, 0.2) is 206 Å². The molecule has 16 rings (SSSR count). The highest BCUT2D eigenvalue weighted by molar-refractivity contribution is 7.18. The Balaban J connectivity index is 0.000000133. The van der Waals surface area contributed by atoms with Crippen molar-refractivity contribution in [1.82, 2.24) is 0 Å². The fourth-order valence-electron chi connectivity index (χ4n) is 13.5. The maximum atomic E-state index is 15.0. The first-order valence-corrected chi connectivity index (χ1v) is 38.4. The quantitative estimate of drug-likeness (QED) is 0.0207. The van der Waals surface area contributed by atoms with Crippen LogP contribution in [0.4, 0.5) is 46.0 Å². The molecule has 0 amide bonds. The lowest BCUT2D eigenvalue weighted by Gasteiger charge is -2.25. The van der Waals surface area contributed by atoms with Crippen molar-refractivity contribution in [1.29, 1.82) is 0 Å². The normalized spacial score (nSPS) is 13.1. The highest BCUT2D eigenvalue weighted by Crippen LogP contribution is 2.49. The number of esters is 3. The summed E-state index contributed by atoms with van der Waals surface area (Å²) in [6.07, 6.45) is 2.24. The summed E-state index contributed by atoms with van der Waals surface area (Å²) in [4.78, 5) is 97.8. The number of para-hydroxylation sites is 3. The van der Waals surface area contributed by atoms with E-state index < -0.39 is 68.2 Å². The largest absolute Gasteiger partial charge is 0.477 e. The molecule has 4 aromatic heterocycles. The van der Waals surface area contributed by atoms with Crippen molar-refractivity contribution in [3.8, 4) is 41.8 Å². The Morgan fingerprint density at radius 2 is 0.830 bits per heavy atom. The first-order valence-electron chi connectivity index (χ1n) is 34.7. The molecule has 0 saturated heterocycles. The third kappa shape index (κ3) is 17.3. The number of nitro groups is 2. The van der Waals surface area contributed by atoms with Gasteiger partial charge in [0.25, 0.3) is 16.6 Å². The zero-order valence-corrected chi connectivity index (χ0v) is 63.9. The number of anilines is 3. The minimum atomic E-state index is -1.20. The van der Waals surface area contributed by atoms with E-state index in [-0.39, 0.29) is 48.7 Å². The van der Waals surface area contributed by atoms with E-state index in [1.54, 1.807) is 6.07 Å². The summed E-state index contributed by atoms with van der Waals surface area (Å²) in [5.41, 5.74) is 12.3. The average molecular weight is 1610 g/mol. The van der Waals surface area contributed by atoms with Crippen molar-refractivity contribution in [2.24, 2.45) is 0 Å². The van der Waals surface area contributed by atoms with Gasteiger partial charge in [0.2, 0.25) is 0 Å². The van der Waals surface area contributed by atoms with Gasteiger partial charge < -0.3 is 34.4 Å². The van der Waals surface area contributed by atoms with E-state index >= 15 is 0 Å². The number of carboxylic acid groups (broad SMARTS) is 1. The number of benzene rings is 8. The number of halogens is 5. The van der Waals surface area contributed by atoms with Gasteiger partial charge >= 0.3 is 23.9 Å². The van der Waals surface area contributed by atoms with Gasteiger partial charge in [-0.15, -0.1) is 45.3 Å². The molecule has 112 heavy (non-hydrogen) atoms. The number of nitro benzene ring substituents is 2. The summed E-state index contributed by atoms with van der Waals surface area (Å²) in [6.45, 7) is 3.48. The number of carboxylic acids is 1. The number of hydrogen-bond donors (Lipinski definition) is 2. The molecule has 1 unspecified atom stereocenters. The Bertz CT molecular complexity index is 5530. The van der Waals surface area contributed by atoms with E-state index in [9.17, 15) is 71.7 Å². The number of rotatable bonds is 13. The lowest BCUT2D eigenvalue weighted by atomic mass is 9.86. The summed E-state index contributed by atoms with van der Waals surface area (Å²) in [6, 6.07) is 61.8. The predicted octanol–water partition coefficient (Wildman–Crippen LogP) is 20.2. The number of hydrogen-bond acceptors (Lipinski definition) is 20. The van der Waals surface area contributed by atoms with Crippen molar-refractivity contribution in [2.45, 2.75) is 51.1 Å². The molecule has 570 valence electrons. The van der Waals surface area contributed by atoms with E-state index in [1.807, 2.05) is 121 Å². The van der Waals surface area contributed by atoms with Gasteiger partial charge in [0.15, 0.2) is 29.1 Å². The van der Waals surface area contributed by atoms with Crippen LogP contribution >= 0.6 is 56.9 Å². The predicted molar refractivity (Wildman–Crippen MR) is 426 cm³/mol. The number of carbonyl (C=O) groups is 6. The van der Waals surface area contributed by atoms with Gasteiger partial charge in [-0.25, -0.2) is 36.7 Å². The number of thiophene rings is 4. The Labute approximate surface area is 659 Å². The average Bonchev–Trinajstić information content (AvgIpc) is 1.63. The SMILES string of the molecule is COC(=O)c1sc2c(c1F)CCC(C(=O)c1ccc([N+](=O)[O-])cc1)c1ccccc1-2.COC(=O)c1sc2c(c1F)CCN(Cc1ccccc1)c1ccccc1-2.COC(=O)c1sc2c(c1F)CCNc1ccccc1-2.O=C(Cl)c1ccc([N+](=O)[O-])cc1.O=C(O)c1sc2c(c1F)CCN(Cc1ccccc1)c1ccccc1-2. The minimum Gasteiger partial charge on any atom is -0.477 e. The molecule has 12 aromatic rings. The molecule has 1 atom stereocenters. The maximum absolute atomic E-state index is 15.0. The van der Waals surface area contributed by atoms with Crippen LogP contribution in [0.2, 0.25) is 0 Å². The van der Waals surface area contributed by atoms with Gasteiger partial charge in [0.05, 0.1) is 31.2 Å². The molecule has 0 radical (unpaired) electrons. The number of ether oxygens (including phenoxy) is 3. The molecular weight excluding hydrogens is 1540 g/mol. The number of fused-ring (bicyclic) bond motifs is 12. The smallest absolute Gasteiger partial charge is 0.351 e. The van der Waals surface area contributed by atoms with Crippen LogP contribution in [0.1, 0.15) is 111 Å². The molecule has 7 heterocycles. The minimum absolute atomic E-state index is 0.0586. The van der Waals surface area contributed by atoms with Crippen LogP contribution in [0.3, 0.4) is 0 Å². The number of nitrogens with one attached hydrogen (secondary N) is 1. The van der Waals surface area contributed by atoms with Gasteiger partial charge in [0, 0.05) is 150 Å². The molecule has 4 aliphatic rings. The van der Waals surface area contributed by atoms with Crippen molar-refractivity contribution in [3.63, 3.8) is 0 Å². The Morgan fingerprint density at radius 3 is 1.28 bits per heavy atom. The monoisotopic (exact) mass is 1610 g/mol. The first kappa shape index (κ1) is 79.5. The van der Waals surface area contributed by atoms with Gasteiger partial charge in [-0.1, -0.05) is 140 Å². The number of non-ortho nitro benzene ring substituents is 2. The molecule has 28 heteroatoms. The van der Waals surface area contributed by atoms with Crippen LogP contribution in [-0.2, 0) is 53.0 Å². The second-order valence-corrected chi connectivity index (χ2v) is 29.9. The fourth-order valence-corrected chi connectivity index (χ4v) is 18.2. The number of Topliss-reactive ketones (excluding diaryl/α,β-unsaturated/α-hetero) is 1.